The molecule has 2 nitrogen and oxygen atoms in total. The first-order valence-corrected chi connectivity index (χ1v) is 5.89. The fraction of sp³-hybridized carbons (Fsp3) is 1.00. The second-order valence-electron chi connectivity index (χ2n) is 7.08. The van der Waals surface area contributed by atoms with Crippen LogP contribution in [-0.4, -0.2) is 11.6 Å². The Morgan fingerprint density at radius 3 is 1.93 bits per heavy atom. The van der Waals surface area contributed by atoms with Crippen molar-refractivity contribution in [2.75, 3.05) is 0 Å². The Morgan fingerprint density at radius 1 is 1.00 bits per heavy atom. The van der Waals surface area contributed by atoms with E-state index in [0.29, 0.717) is 16.7 Å². The molecule has 4 rings (SSSR count). The van der Waals surface area contributed by atoms with Crippen LogP contribution in [0.3, 0.4) is 0 Å². The summed E-state index contributed by atoms with van der Waals surface area (Å²) in [6.45, 7) is 4.84. The summed E-state index contributed by atoms with van der Waals surface area (Å²) in [5.41, 5.74) is 13.8. The molecular weight excluding hydrogens is 172 g/mol. The van der Waals surface area contributed by atoms with Gasteiger partial charge >= 0.3 is 0 Å². The van der Waals surface area contributed by atoms with E-state index in [9.17, 15) is 0 Å². The Kier molecular flexibility index (Phi) is 1.44. The van der Waals surface area contributed by atoms with Gasteiger partial charge in [-0.2, -0.15) is 0 Å². The highest BCUT2D eigenvalue weighted by Gasteiger charge is 2.62. The molecule has 4 fully saturated rings. The molecule has 4 aliphatic rings. The highest BCUT2D eigenvalue weighted by Crippen LogP contribution is 2.65. The lowest BCUT2D eigenvalue weighted by Gasteiger charge is -2.66. The zero-order valence-electron chi connectivity index (χ0n) is 9.34. The average Bonchev–Trinajstić information content (AvgIpc) is 1.94. The maximum atomic E-state index is 6.51. The SMILES string of the molecule is CC12CC3CC(C)(C1)CC(N)(C2)C3N. The maximum Gasteiger partial charge on any atom is 0.0320 e. The lowest BCUT2D eigenvalue weighted by molar-refractivity contribution is -0.117. The molecule has 0 aliphatic heterocycles. The first kappa shape index (κ1) is 9.17. The molecule has 3 atom stereocenters. The third-order valence-electron chi connectivity index (χ3n) is 5.05. The molecule has 0 heterocycles. The zero-order chi connectivity index (χ0) is 10.2. The Morgan fingerprint density at radius 2 is 1.50 bits per heavy atom. The summed E-state index contributed by atoms with van der Waals surface area (Å²) in [7, 11) is 0. The third-order valence-corrected chi connectivity index (χ3v) is 5.05. The molecule has 14 heavy (non-hydrogen) atoms. The van der Waals surface area contributed by atoms with E-state index >= 15 is 0 Å². The molecule has 0 spiro atoms. The largest absolute Gasteiger partial charge is 0.326 e. The van der Waals surface area contributed by atoms with E-state index in [1.54, 1.807) is 0 Å². The van der Waals surface area contributed by atoms with Gasteiger partial charge in [-0.3, -0.25) is 0 Å². The molecule has 80 valence electrons. The standard InChI is InChI=1S/C12H22N2/c1-10-3-8-4-11(2,5-10)7-12(14,6-10)9(8)13/h8-9H,3-7,13-14H2,1-2H3. The van der Waals surface area contributed by atoms with Crippen molar-refractivity contribution in [2.24, 2.45) is 28.2 Å². The minimum Gasteiger partial charge on any atom is -0.326 e. The molecule has 3 unspecified atom stereocenters. The smallest absolute Gasteiger partial charge is 0.0320 e. The van der Waals surface area contributed by atoms with Crippen LogP contribution >= 0.6 is 0 Å². The highest BCUT2D eigenvalue weighted by atomic mass is 14.9. The van der Waals surface area contributed by atoms with Gasteiger partial charge < -0.3 is 11.5 Å². The van der Waals surface area contributed by atoms with Gasteiger partial charge in [0.2, 0.25) is 0 Å². The summed E-state index contributed by atoms with van der Waals surface area (Å²) in [6, 6.07) is 0.268. The fourth-order valence-corrected chi connectivity index (χ4v) is 5.39. The Bertz CT molecular complexity index is 268. The Hall–Kier alpha value is -0.0800. The van der Waals surface area contributed by atoms with Gasteiger partial charge in [-0.15, -0.1) is 0 Å². The van der Waals surface area contributed by atoms with Crippen LogP contribution in [0.5, 0.6) is 0 Å². The van der Waals surface area contributed by atoms with E-state index in [4.69, 9.17) is 11.5 Å². The van der Waals surface area contributed by atoms with Crippen LogP contribution < -0.4 is 11.5 Å². The Labute approximate surface area is 86.4 Å². The van der Waals surface area contributed by atoms with Crippen molar-refractivity contribution in [3.05, 3.63) is 0 Å². The predicted molar refractivity (Wildman–Crippen MR) is 57.7 cm³/mol. The summed E-state index contributed by atoms with van der Waals surface area (Å²) in [6.07, 6.45) is 6.34. The molecule has 4 aliphatic carbocycles. The summed E-state index contributed by atoms with van der Waals surface area (Å²) in [4.78, 5) is 0. The minimum absolute atomic E-state index is 0.0388. The fourth-order valence-electron chi connectivity index (χ4n) is 5.39. The first-order chi connectivity index (χ1) is 6.34. The van der Waals surface area contributed by atoms with Crippen molar-refractivity contribution < 1.29 is 0 Å². The van der Waals surface area contributed by atoms with Crippen molar-refractivity contribution in [3.8, 4) is 0 Å². The van der Waals surface area contributed by atoms with Gasteiger partial charge in [-0.25, -0.2) is 0 Å². The number of hydrogen-bond donors (Lipinski definition) is 2. The van der Waals surface area contributed by atoms with Crippen LogP contribution in [0.2, 0.25) is 0 Å². The molecule has 0 saturated heterocycles. The van der Waals surface area contributed by atoms with Crippen molar-refractivity contribution >= 4 is 0 Å². The summed E-state index contributed by atoms with van der Waals surface area (Å²) < 4.78 is 0. The molecule has 4 N–H and O–H groups in total. The van der Waals surface area contributed by atoms with Gasteiger partial charge in [0.1, 0.15) is 0 Å². The van der Waals surface area contributed by atoms with E-state index < -0.39 is 0 Å². The molecule has 0 aromatic carbocycles. The van der Waals surface area contributed by atoms with Crippen LogP contribution in [-0.2, 0) is 0 Å². The van der Waals surface area contributed by atoms with Crippen LogP contribution in [0, 0.1) is 16.7 Å². The molecule has 4 bridgehead atoms. The van der Waals surface area contributed by atoms with Gasteiger partial charge in [0.25, 0.3) is 0 Å². The molecule has 0 aromatic rings. The quantitative estimate of drug-likeness (QED) is 0.616. The van der Waals surface area contributed by atoms with Crippen LogP contribution in [0.25, 0.3) is 0 Å². The summed E-state index contributed by atoms with van der Waals surface area (Å²) in [5, 5.41) is 0. The van der Waals surface area contributed by atoms with Gasteiger partial charge in [0, 0.05) is 11.6 Å². The molecule has 4 saturated carbocycles. The molecule has 2 heteroatoms. The minimum atomic E-state index is -0.0388. The summed E-state index contributed by atoms with van der Waals surface area (Å²) >= 11 is 0. The normalized spacial score (nSPS) is 66.0. The van der Waals surface area contributed by atoms with E-state index in [0.717, 1.165) is 12.8 Å². The average molecular weight is 194 g/mol. The topological polar surface area (TPSA) is 52.0 Å². The van der Waals surface area contributed by atoms with Crippen LogP contribution in [0.1, 0.15) is 46.0 Å². The number of hydrogen-bond acceptors (Lipinski definition) is 2. The van der Waals surface area contributed by atoms with Crippen LogP contribution in [0.15, 0.2) is 0 Å². The van der Waals surface area contributed by atoms with E-state index in [2.05, 4.69) is 13.8 Å². The molecule has 0 radical (unpaired) electrons. The number of rotatable bonds is 0. The molecular formula is C12H22N2. The van der Waals surface area contributed by atoms with Crippen LogP contribution in [0.4, 0.5) is 0 Å². The van der Waals surface area contributed by atoms with E-state index in [1.807, 2.05) is 0 Å². The monoisotopic (exact) mass is 194 g/mol. The lowest BCUT2D eigenvalue weighted by atomic mass is 9.41. The van der Waals surface area contributed by atoms with Crippen molar-refractivity contribution in [1.29, 1.82) is 0 Å². The maximum absolute atomic E-state index is 6.51. The third kappa shape index (κ3) is 0.989. The molecule has 0 amide bonds. The second kappa shape index (κ2) is 2.19. The van der Waals surface area contributed by atoms with Gasteiger partial charge in [0.05, 0.1) is 0 Å². The van der Waals surface area contributed by atoms with Crippen molar-refractivity contribution in [1.82, 2.24) is 0 Å². The summed E-state index contributed by atoms with van der Waals surface area (Å²) in [5.74, 6) is 0.700. The van der Waals surface area contributed by atoms with Crippen molar-refractivity contribution in [2.45, 2.75) is 57.5 Å². The zero-order valence-corrected chi connectivity index (χ0v) is 9.34. The van der Waals surface area contributed by atoms with E-state index in [-0.39, 0.29) is 11.6 Å². The van der Waals surface area contributed by atoms with Gasteiger partial charge in [-0.1, -0.05) is 13.8 Å². The van der Waals surface area contributed by atoms with E-state index in [1.165, 1.54) is 19.3 Å². The first-order valence-electron chi connectivity index (χ1n) is 5.89. The predicted octanol–water partition coefficient (Wildman–Crippen LogP) is 1.63. The lowest BCUT2D eigenvalue weighted by Crippen LogP contribution is -2.72. The second-order valence-corrected chi connectivity index (χ2v) is 7.08. The Balaban J connectivity index is 2.06. The molecule has 0 aromatic heterocycles. The highest BCUT2D eigenvalue weighted by molar-refractivity contribution is 5.18. The van der Waals surface area contributed by atoms with Crippen molar-refractivity contribution in [3.63, 3.8) is 0 Å². The van der Waals surface area contributed by atoms with Gasteiger partial charge in [-0.05, 0) is 48.9 Å². The van der Waals surface area contributed by atoms with Gasteiger partial charge in [0.15, 0.2) is 0 Å². The number of nitrogens with two attached hydrogens (primary N) is 2.